The van der Waals surface area contributed by atoms with E-state index in [0.29, 0.717) is 6.54 Å². The number of fused-ring (bicyclic) bond motifs is 1. The highest BCUT2D eigenvalue weighted by atomic mass is 35.5. The summed E-state index contributed by atoms with van der Waals surface area (Å²) in [5.74, 6) is -0.962. The number of nitrogens with one attached hydrogen (secondary N) is 1. The number of aryl methyl sites for hydroxylation is 2. The second-order valence-corrected chi connectivity index (χ2v) is 6.40. The van der Waals surface area contributed by atoms with Gasteiger partial charge in [-0.1, -0.05) is 11.6 Å². The number of anilines is 2. The molecule has 10 nitrogen and oxygen atoms in total. The van der Waals surface area contributed by atoms with Crippen molar-refractivity contribution in [3.8, 4) is 0 Å². The molecule has 0 unspecified atom stereocenters. The van der Waals surface area contributed by atoms with Gasteiger partial charge < -0.3 is 21.9 Å². The quantitative estimate of drug-likeness (QED) is 0.457. The molecule has 11 heteroatoms. The van der Waals surface area contributed by atoms with Gasteiger partial charge in [0, 0.05) is 6.07 Å². The lowest BCUT2D eigenvalue weighted by Gasteiger charge is -2.07. The third-order valence-electron chi connectivity index (χ3n) is 4.42. The van der Waals surface area contributed by atoms with E-state index in [2.05, 4.69) is 15.3 Å². The smallest absolute Gasteiger partial charge is 0.335 e. The van der Waals surface area contributed by atoms with Crippen LogP contribution in [-0.2, 0) is 20.1 Å². The van der Waals surface area contributed by atoms with Gasteiger partial charge in [0.15, 0.2) is 33.5 Å². The number of nitrogens with zero attached hydrogens (tertiary/aromatic N) is 4. The van der Waals surface area contributed by atoms with Crippen molar-refractivity contribution in [2.45, 2.75) is 20.0 Å². The number of hydrogen-bond donors (Lipinski definition) is 4. The van der Waals surface area contributed by atoms with Crippen molar-refractivity contribution in [2.75, 3.05) is 11.5 Å². The molecule has 1 aromatic carbocycles. The molecule has 2 aromatic heterocycles. The van der Waals surface area contributed by atoms with E-state index in [4.69, 9.17) is 23.1 Å². The molecule has 0 bridgehead atoms. The van der Waals surface area contributed by atoms with Crippen LogP contribution in [0.1, 0.15) is 33.6 Å². The van der Waals surface area contributed by atoms with Crippen molar-refractivity contribution in [1.82, 2.24) is 19.9 Å². The number of hydrogen-bond acceptors (Lipinski definition) is 6. The molecular formula is C17H19ClN7O3+. The Bertz CT molecular complexity index is 1110. The lowest BCUT2D eigenvalue weighted by molar-refractivity contribution is -0.676. The number of nitrogens with two attached hydrogens (primary N) is 2. The fraction of sp³-hybridized carbons (Fsp3) is 0.235. The van der Waals surface area contributed by atoms with Crippen LogP contribution in [0.4, 0.5) is 11.6 Å². The number of benzene rings is 1. The average molecular weight is 405 g/mol. The molecule has 0 fully saturated rings. The molecule has 28 heavy (non-hydrogen) atoms. The van der Waals surface area contributed by atoms with E-state index in [-0.39, 0.29) is 34.6 Å². The van der Waals surface area contributed by atoms with Gasteiger partial charge in [0.2, 0.25) is 0 Å². The van der Waals surface area contributed by atoms with Gasteiger partial charge in [-0.25, -0.2) is 23.9 Å². The van der Waals surface area contributed by atoms with Crippen LogP contribution >= 0.6 is 11.6 Å². The van der Waals surface area contributed by atoms with Gasteiger partial charge in [0.05, 0.1) is 19.2 Å². The molecule has 3 aromatic rings. The monoisotopic (exact) mass is 404 g/mol. The van der Waals surface area contributed by atoms with Crippen LogP contribution in [0.3, 0.4) is 0 Å². The highest BCUT2D eigenvalue weighted by Crippen LogP contribution is 2.18. The lowest BCUT2D eigenvalue weighted by Crippen LogP contribution is -2.40. The number of rotatable bonds is 5. The molecule has 146 valence electrons. The second kappa shape index (κ2) is 7.31. The van der Waals surface area contributed by atoms with Crippen molar-refractivity contribution >= 4 is 46.1 Å². The van der Waals surface area contributed by atoms with Gasteiger partial charge in [-0.05, 0) is 19.1 Å². The van der Waals surface area contributed by atoms with E-state index < -0.39 is 11.9 Å². The maximum atomic E-state index is 12.5. The number of aromatic carboxylic acids is 1. The predicted molar refractivity (Wildman–Crippen MR) is 103 cm³/mol. The summed E-state index contributed by atoms with van der Waals surface area (Å²) in [4.78, 5) is 31.4. The Morgan fingerprint density at radius 2 is 2.00 bits per heavy atom. The van der Waals surface area contributed by atoms with E-state index in [1.165, 1.54) is 0 Å². The number of imidazole rings is 1. The van der Waals surface area contributed by atoms with Crippen LogP contribution in [0.25, 0.3) is 11.0 Å². The van der Waals surface area contributed by atoms with Crippen molar-refractivity contribution in [1.29, 1.82) is 0 Å². The number of halogens is 1. The number of amides is 1. The summed E-state index contributed by atoms with van der Waals surface area (Å²) >= 11 is 5.82. The summed E-state index contributed by atoms with van der Waals surface area (Å²) in [6.45, 7) is 2.74. The second-order valence-electron chi connectivity index (χ2n) is 6.04. The summed E-state index contributed by atoms with van der Waals surface area (Å²) in [5, 5.41) is 11.9. The first-order valence-corrected chi connectivity index (χ1v) is 8.73. The molecule has 0 saturated heterocycles. The Labute approximate surface area is 164 Å². The number of carbonyl (C=O) groups excluding carboxylic acids is 1. The molecule has 0 atom stereocenters. The average Bonchev–Trinajstić information content (AvgIpc) is 2.93. The van der Waals surface area contributed by atoms with Crippen molar-refractivity contribution < 1.29 is 19.3 Å². The molecule has 0 aliphatic carbocycles. The van der Waals surface area contributed by atoms with E-state index in [1.807, 2.05) is 16.1 Å². The molecule has 0 saturated carbocycles. The molecule has 1 amide bonds. The first-order valence-electron chi connectivity index (χ1n) is 8.35. The molecular weight excluding hydrogens is 386 g/mol. The van der Waals surface area contributed by atoms with E-state index >= 15 is 0 Å². The first-order chi connectivity index (χ1) is 13.2. The molecule has 0 spiro atoms. The number of nitrogen functional groups attached to an aromatic ring is 2. The fourth-order valence-corrected chi connectivity index (χ4v) is 3.16. The standard InChI is InChI=1S/C17H18ClN7O3/c1-3-25-9-5-4-8(17(27)28)6-10(9)24(2)11(25)7-21-16(26)12-14(19)23-15(20)13(18)22-12/h4-6H,3,7H2,1-2H3,(H5-,19,20,21,23,26,27,28)/p+1. The molecule has 2 heterocycles. The molecule has 0 radical (unpaired) electrons. The third kappa shape index (κ3) is 3.29. The van der Waals surface area contributed by atoms with Crippen molar-refractivity contribution in [3.05, 3.63) is 40.4 Å². The van der Waals surface area contributed by atoms with Crippen LogP contribution in [0.5, 0.6) is 0 Å². The summed E-state index contributed by atoms with van der Waals surface area (Å²) < 4.78 is 3.81. The summed E-state index contributed by atoms with van der Waals surface area (Å²) in [5.41, 5.74) is 12.9. The van der Waals surface area contributed by atoms with Crippen LogP contribution in [0.15, 0.2) is 18.2 Å². The van der Waals surface area contributed by atoms with Crippen LogP contribution in [0.2, 0.25) is 5.15 Å². The van der Waals surface area contributed by atoms with E-state index in [9.17, 15) is 14.7 Å². The van der Waals surface area contributed by atoms with Gasteiger partial charge in [0.25, 0.3) is 11.7 Å². The first kappa shape index (κ1) is 19.4. The normalized spacial score (nSPS) is 11.0. The molecule has 0 aliphatic heterocycles. The van der Waals surface area contributed by atoms with Crippen LogP contribution in [0, 0.1) is 0 Å². The van der Waals surface area contributed by atoms with E-state index in [0.717, 1.165) is 16.9 Å². The Hall–Kier alpha value is -3.40. The Kier molecular flexibility index (Phi) is 5.06. The number of carboxylic acids is 1. The minimum Gasteiger partial charge on any atom is -0.478 e. The SMILES string of the molecule is CC[n+]1c(CNC(=O)c2nc(Cl)c(N)nc2N)n(C)c2cc(C(=O)O)ccc21. The number of carboxylic acid groups (broad SMARTS) is 1. The summed E-state index contributed by atoms with van der Waals surface area (Å²) in [6, 6.07) is 4.89. The zero-order chi connectivity index (χ0) is 20.6. The topological polar surface area (TPSA) is 153 Å². The van der Waals surface area contributed by atoms with Gasteiger partial charge >= 0.3 is 5.97 Å². The predicted octanol–water partition coefficient (Wildman–Crippen LogP) is 0.722. The van der Waals surface area contributed by atoms with Crippen molar-refractivity contribution in [3.63, 3.8) is 0 Å². The Morgan fingerprint density at radius 3 is 2.64 bits per heavy atom. The van der Waals surface area contributed by atoms with Crippen molar-refractivity contribution in [2.24, 2.45) is 7.05 Å². The van der Waals surface area contributed by atoms with Gasteiger partial charge in [0.1, 0.15) is 6.54 Å². The van der Waals surface area contributed by atoms with Gasteiger partial charge in [-0.15, -0.1) is 0 Å². The summed E-state index contributed by atoms with van der Waals surface area (Å²) in [7, 11) is 1.80. The molecule has 3 rings (SSSR count). The number of carbonyl (C=O) groups is 2. The van der Waals surface area contributed by atoms with Crippen LogP contribution < -0.4 is 21.4 Å². The highest BCUT2D eigenvalue weighted by Gasteiger charge is 2.24. The fourth-order valence-electron chi connectivity index (χ4n) is 3.03. The van der Waals surface area contributed by atoms with Gasteiger partial charge in [-0.2, -0.15) is 0 Å². The third-order valence-corrected chi connectivity index (χ3v) is 4.69. The molecule has 0 aliphatic rings. The highest BCUT2D eigenvalue weighted by molar-refractivity contribution is 6.31. The summed E-state index contributed by atoms with van der Waals surface area (Å²) in [6.07, 6.45) is 0. The van der Waals surface area contributed by atoms with Gasteiger partial charge in [-0.3, -0.25) is 4.79 Å². The number of aromatic nitrogens is 4. The largest absolute Gasteiger partial charge is 0.478 e. The zero-order valence-corrected chi connectivity index (χ0v) is 16.0. The minimum absolute atomic E-state index is 0.0533. The Morgan fingerprint density at radius 1 is 1.29 bits per heavy atom. The van der Waals surface area contributed by atoms with Crippen LogP contribution in [-0.4, -0.2) is 31.5 Å². The van der Waals surface area contributed by atoms with E-state index in [1.54, 1.807) is 25.2 Å². The maximum absolute atomic E-state index is 12.5. The lowest BCUT2D eigenvalue weighted by atomic mass is 10.2. The minimum atomic E-state index is -1.00. The molecule has 6 N–H and O–H groups in total. The Balaban J connectivity index is 1.94. The maximum Gasteiger partial charge on any atom is 0.335 e. The zero-order valence-electron chi connectivity index (χ0n) is 15.2.